The van der Waals surface area contributed by atoms with Crippen LogP contribution in [0.15, 0.2) is 17.2 Å². The van der Waals surface area contributed by atoms with Gasteiger partial charge in [0, 0.05) is 17.9 Å². The highest BCUT2D eigenvalue weighted by Crippen LogP contribution is 2.18. The molecule has 0 saturated carbocycles. The number of aryl methyl sites for hydroxylation is 2. The summed E-state index contributed by atoms with van der Waals surface area (Å²) in [6.07, 6.45) is 7.11. The topological polar surface area (TPSA) is 12.9 Å². The molecule has 0 fully saturated rings. The van der Waals surface area contributed by atoms with Gasteiger partial charge in [0.25, 0.3) is 0 Å². The third-order valence-electron chi connectivity index (χ3n) is 1.79. The summed E-state index contributed by atoms with van der Waals surface area (Å²) in [7, 11) is 0. The van der Waals surface area contributed by atoms with E-state index in [1.807, 2.05) is 6.92 Å². The van der Waals surface area contributed by atoms with Crippen molar-refractivity contribution >= 4 is 11.8 Å². The highest BCUT2D eigenvalue weighted by molar-refractivity contribution is 7.99. The molecule has 0 bridgehead atoms. The number of hydrogen-bond acceptors (Lipinski definition) is 2. The zero-order valence-corrected chi connectivity index (χ0v) is 9.53. The molecule has 0 N–H and O–H groups in total. The van der Waals surface area contributed by atoms with E-state index in [4.69, 9.17) is 6.42 Å². The number of thioether (sulfide) groups is 1. The summed E-state index contributed by atoms with van der Waals surface area (Å²) in [6.45, 7) is 4.12. The van der Waals surface area contributed by atoms with Gasteiger partial charge in [0.05, 0.1) is 5.03 Å². The van der Waals surface area contributed by atoms with E-state index >= 15 is 0 Å². The minimum Gasteiger partial charge on any atom is -0.247 e. The maximum absolute atomic E-state index is 5.18. The SMILES string of the molecule is C#CCCCSc1cc(C)cc(C)n1. The molecular formula is C12H15NS. The maximum atomic E-state index is 5.18. The standard InChI is InChI=1S/C12H15NS/c1-4-5-6-7-14-12-9-10(2)8-11(3)13-12/h1,8-9H,5-7H2,2-3H3. The highest BCUT2D eigenvalue weighted by Gasteiger charge is 1.97. The second kappa shape index (κ2) is 5.72. The number of unbranched alkanes of at least 4 members (excludes halogenated alkanes) is 1. The summed E-state index contributed by atoms with van der Waals surface area (Å²) >= 11 is 1.78. The second-order valence-electron chi connectivity index (χ2n) is 3.28. The van der Waals surface area contributed by atoms with Crippen molar-refractivity contribution in [2.24, 2.45) is 0 Å². The van der Waals surface area contributed by atoms with Gasteiger partial charge in [0.15, 0.2) is 0 Å². The molecule has 2 heteroatoms. The molecule has 1 heterocycles. The number of nitrogens with zero attached hydrogens (tertiary/aromatic N) is 1. The first-order valence-corrected chi connectivity index (χ1v) is 5.72. The Morgan fingerprint density at radius 3 is 2.86 bits per heavy atom. The Labute approximate surface area is 90.3 Å². The zero-order chi connectivity index (χ0) is 10.4. The number of pyridine rings is 1. The Morgan fingerprint density at radius 1 is 1.43 bits per heavy atom. The first-order chi connectivity index (χ1) is 6.72. The van der Waals surface area contributed by atoms with Crippen molar-refractivity contribution in [3.8, 4) is 12.3 Å². The van der Waals surface area contributed by atoms with Crippen LogP contribution in [-0.2, 0) is 0 Å². The van der Waals surface area contributed by atoms with Gasteiger partial charge in [-0.25, -0.2) is 4.98 Å². The Hall–Kier alpha value is -0.940. The largest absolute Gasteiger partial charge is 0.247 e. The molecule has 0 aromatic carbocycles. The van der Waals surface area contributed by atoms with Crippen LogP contribution in [0.1, 0.15) is 24.1 Å². The van der Waals surface area contributed by atoms with E-state index in [1.165, 1.54) is 5.56 Å². The molecule has 0 atom stereocenters. The summed E-state index contributed by atoms with van der Waals surface area (Å²) < 4.78 is 0. The molecule has 0 aliphatic carbocycles. The Bertz CT molecular complexity index is 318. The van der Waals surface area contributed by atoms with Crippen LogP contribution < -0.4 is 0 Å². The van der Waals surface area contributed by atoms with E-state index in [-0.39, 0.29) is 0 Å². The molecule has 1 aromatic rings. The lowest BCUT2D eigenvalue weighted by atomic mass is 10.3. The van der Waals surface area contributed by atoms with Crippen molar-refractivity contribution < 1.29 is 0 Å². The summed E-state index contributed by atoms with van der Waals surface area (Å²) in [6, 6.07) is 4.21. The van der Waals surface area contributed by atoms with E-state index in [1.54, 1.807) is 11.8 Å². The van der Waals surface area contributed by atoms with E-state index in [0.29, 0.717) is 0 Å². The van der Waals surface area contributed by atoms with Crippen molar-refractivity contribution in [3.63, 3.8) is 0 Å². The van der Waals surface area contributed by atoms with E-state index < -0.39 is 0 Å². The normalized spacial score (nSPS) is 9.79. The van der Waals surface area contributed by atoms with Crippen LogP contribution in [0, 0.1) is 26.2 Å². The van der Waals surface area contributed by atoms with Crippen molar-refractivity contribution in [1.82, 2.24) is 4.98 Å². The van der Waals surface area contributed by atoms with Crippen molar-refractivity contribution in [2.75, 3.05) is 5.75 Å². The van der Waals surface area contributed by atoms with Gasteiger partial charge in [0.2, 0.25) is 0 Å². The lowest BCUT2D eigenvalue weighted by molar-refractivity contribution is 0.986. The number of terminal acetylenes is 1. The van der Waals surface area contributed by atoms with Crippen LogP contribution in [0.2, 0.25) is 0 Å². The summed E-state index contributed by atoms with van der Waals surface area (Å²) in [4.78, 5) is 4.44. The van der Waals surface area contributed by atoms with Crippen LogP contribution in [0.25, 0.3) is 0 Å². The molecule has 0 spiro atoms. The number of aromatic nitrogens is 1. The molecule has 74 valence electrons. The smallest absolute Gasteiger partial charge is 0.0965 e. The zero-order valence-electron chi connectivity index (χ0n) is 8.71. The molecule has 0 aliphatic heterocycles. The minimum absolute atomic E-state index is 0.859. The number of hydrogen-bond donors (Lipinski definition) is 0. The molecule has 14 heavy (non-hydrogen) atoms. The predicted octanol–water partition coefficient (Wildman–Crippen LogP) is 3.20. The van der Waals surface area contributed by atoms with E-state index in [0.717, 1.165) is 29.3 Å². The average molecular weight is 205 g/mol. The second-order valence-corrected chi connectivity index (χ2v) is 4.40. The first kappa shape index (κ1) is 11.1. The Kier molecular flexibility index (Phi) is 4.55. The fourth-order valence-corrected chi connectivity index (χ4v) is 2.20. The molecule has 0 aliphatic rings. The fourth-order valence-electron chi connectivity index (χ4n) is 1.23. The van der Waals surface area contributed by atoms with Crippen LogP contribution in [0.3, 0.4) is 0 Å². The third-order valence-corrected chi connectivity index (χ3v) is 2.79. The van der Waals surface area contributed by atoms with Crippen LogP contribution >= 0.6 is 11.8 Å². The molecule has 1 nitrogen and oxygen atoms in total. The quantitative estimate of drug-likeness (QED) is 0.425. The van der Waals surface area contributed by atoms with Gasteiger partial charge >= 0.3 is 0 Å². The highest BCUT2D eigenvalue weighted by atomic mass is 32.2. The predicted molar refractivity (Wildman–Crippen MR) is 62.5 cm³/mol. The third kappa shape index (κ3) is 3.85. The molecule has 1 aromatic heterocycles. The van der Waals surface area contributed by atoms with Gasteiger partial charge in [0.1, 0.15) is 0 Å². The van der Waals surface area contributed by atoms with Gasteiger partial charge < -0.3 is 0 Å². The number of rotatable bonds is 4. The van der Waals surface area contributed by atoms with Gasteiger partial charge in [-0.2, -0.15) is 0 Å². The molecule has 0 unspecified atom stereocenters. The van der Waals surface area contributed by atoms with Gasteiger partial charge in [-0.05, 0) is 38.0 Å². The molecule has 0 amide bonds. The molecule has 0 radical (unpaired) electrons. The summed E-state index contributed by atoms with van der Waals surface area (Å²) in [5, 5.41) is 1.11. The fraction of sp³-hybridized carbons (Fsp3) is 0.417. The lowest BCUT2D eigenvalue weighted by Crippen LogP contribution is -1.88. The first-order valence-electron chi connectivity index (χ1n) is 4.74. The van der Waals surface area contributed by atoms with Crippen LogP contribution in [0.5, 0.6) is 0 Å². The Balaban J connectivity index is 2.47. The van der Waals surface area contributed by atoms with E-state index in [9.17, 15) is 0 Å². The average Bonchev–Trinajstić information content (AvgIpc) is 2.11. The molecular weight excluding hydrogens is 190 g/mol. The van der Waals surface area contributed by atoms with Gasteiger partial charge in [-0.15, -0.1) is 24.1 Å². The van der Waals surface area contributed by atoms with Crippen molar-refractivity contribution in [3.05, 3.63) is 23.4 Å². The maximum Gasteiger partial charge on any atom is 0.0965 e. The summed E-state index contributed by atoms with van der Waals surface area (Å²) in [5.41, 5.74) is 2.36. The van der Waals surface area contributed by atoms with Crippen molar-refractivity contribution in [1.29, 1.82) is 0 Å². The monoisotopic (exact) mass is 205 g/mol. The van der Waals surface area contributed by atoms with Crippen LogP contribution in [0.4, 0.5) is 0 Å². The molecule has 1 rings (SSSR count). The summed E-state index contributed by atoms with van der Waals surface area (Å²) in [5.74, 6) is 3.70. The lowest BCUT2D eigenvalue weighted by Gasteiger charge is -2.02. The van der Waals surface area contributed by atoms with Gasteiger partial charge in [-0.1, -0.05) is 0 Å². The minimum atomic E-state index is 0.859. The Morgan fingerprint density at radius 2 is 2.21 bits per heavy atom. The molecule has 0 saturated heterocycles. The van der Waals surface area contributed by atoms with Crippen LogP contribution in [-0.4, -0.2) is 10.7 Å². The van der Waals surface area contributed by atoms with Crippen molar-refractivity contribution in [2.45, 2.75) is 31.7 Å². The van der Waals surface area contributed by atoms with E-state index in [2.05, 4.69) is 30.0 Å². The van der Waals surface area contributed by atoms with Gasteiger partial charge in [-0.3, -0.25) is 0 Å².